The van der Waals surface area contributed by atoms with E-state index >= 15 is 0 Å². The number of rotatable bonds is 6. The lowest BCUT2D eigenvalue weighted by Crippen LogP contribution is -2.29. The normalized spacial score (nSPS) is 17.0. The molecule has 5 rings (SSSR count). The van der Waals surface area contributed by atoms with Gasteiger partial charge in [0.05, 0.1) is 17.8 Å². The van der Waals surface area contributed by atoms with Crippen molar-refractivity contribution in [2.45, 2.75) is 53.6 Å². The summed E-state index contributed by atoms with van der Waals surface area (Å²) in [6.07, 6.45) is 1.83. The van der Waals surface area contributed by atoms with Gasteiger partial charge in [0, 0.05) is 40.6 Å². The van der Waals surface area contributed by atoms with Gasteiger partial charge in [-0.15, -0.1) is 0 Å². The summed E-state index contributed by atoms with van der Waals surface area (Å²) in [6.45, 7) is 12.2. The number of benzene rings is 2. The van der Waals surface area contributed by atoms with Gasteiger partial charge in [0.2, 0.25) is 5.91 Å². The van der Waals surface area contributed by atoms with Gasteiger partial charge < -0.3 is 20.1 Å². The van der Waals surface area contributed by atoms with E-state index < -0.39 is 0 Å². The summed E-state index contributed by atoms with van der Waals surface area (Å²) in [7, 11) is 0. The first-order valence-electron chi connectivity index (χ1n) is 13.3. The van der Waals surface area contributed by atoms with Crippen molar-refractivity contribution in [1.29, 1.82) is 0 Å². The van der Waals surface area contributed by atoms with Crippen LogP contribution in [0.4, 0.5) is 11.4 Å². The third kappa shape index (κ3) is 5.06. The number of hydrogen-bond donors (Lipinski definition) is 2. The Morgan fingerprint density at radius 3 is 2.33 bits per heavy atom. The van der Waals surface area contributed by atoms with E-state index in [2.05, 4.69) is 77.3 Å². The summed E-state index contributed by atoms with van der Waals surface area (Å²) >= 11 is 5.96. The van der Waals surface area contributed by atoms with Gasteiger partial charge >= 0.3 is 0 Å². The summed E-state index contributed by atoms with van der Waals surface area (Å²) in [5, 5.41) is 7.25. The number of aromatic nitrogens is 2. The summed E-state index contributed by atoms with van der Waals surface area (Å²) < 4.78 is 2.31. The van der Waals surface area contributed by atoms with E-state index in [1.54, 1.807) is 0 Å². The van der Waals surface area contributed by atoms with Crippen LogP contribution in [0.2, 0.25) is 0 Å². The van der Waals surface area contributed by atoms with Crippen LogP contribution in [-0.4, -0.2) is 20.6 Å². The molecule has 4 aromatic rings. The molecule has 0 aliphatic carbocycles. The number of thiocarbonyl (C=S) groups is 1. The van der Waals surface area contributed by atoms with E-state index in [0.717, 1.165) is 39.7 Å². The molecular weight excluding hydrogens is 502 g/mol. The largest absolute Gasteiger partial charge is 0.351 e. The van der Waals surface area contributed by atoms with E-state index in [-0.39, 0.29) is 23.9 Å². The van der Waals surface area contributed by atoms with Crippen LogP contribution < -0.4 is 15.5 Å². The molecule has 2 atom stereocenters. The van der Waals surface area contributed by atoms with E-state index in [0.29, 0.717) is 5.11 Å². The SMILES string of the molecule is Cc1ccc(-n2c(C)cc([C@H]3[C@@H](c4ccccn4)NC(=S)N3c3ccc(NC(=O)C(C)C)c(C)c3)c2C)cc1. The first-order valence-corrected chi connectivity index (χ1v) is 13.7. The van der Waals surface area contributed by atoms with Gasteiger partial charge in [-0.25, -0.2) is 0 Å². The zero-order valence-corrected chi connectivity index (χ0v) is 24.1. The molecule has 1 amide bonds. The van der Waals surface area contributed by atoms with Gasteiger partial charge in [-0.05, 0) is 99.6 Å². The lowest BCUT2D eigenvalue weighted by molar-refractivity contribution is -0.118. The molecule has 1 saturated heterocycles. The number of aryl methyl sites for hydroxylation is 3. The van der Waals surface area contributed by atoms with Crippen LogP contribution in [0.1, 0.15) is 59.7 Å². The Balaban J connectivity index is 1.61. The lowest BCUT2D eigenvalue weighted by atomic mass is 9.96. The van der Waals surface area contributed by atoms with Crippen molar-refractivity contribution in [3.05, 3.63) is 107 Å². The fourth-order valence-corrected chi connectivity index (χ4v) is 5.69. The van der Waals surface area contributed by atoms with Crippen LogP contribution in [-0.2, 0) is 4.79 Å². The molecule has 6 nitrogen and oxygen atoms in total. The second-order valence-electron chi connectivity index (χ2n) is 10.6. The maximum Gasteiger partial charge on any atom is 0.226 e. The highest BCUT2D eigenvalue weighted by atomic mass is 32.1. The highest BCUT2D eigenvalue weighted by Gasteiger charge is 2.42. The monoisotopic (exact) mass is 537 g/mol. The van der Waals surface area contributed by atoms with E-state index in [1.807, 2.05) is 57.3 Å². The van der Waals surface area contributed by atoms with E-state index in [4.69, 9.17) is 17.2 Å². The van der Waals surface area contributed by atoms with Gasteiger partial charge in [0.1, 0.15) is 0 Å². The molecule has 2 N–H and O–H groups in total. The van der Waals surface area contributed by atoms with Crippen molar-refractivity contribution < 1.29 is 4.79 Å². The first-order chi connectivity index (χ1) is 18.7. The van der Waals surface area contributed by atoms with Crippen molar-refractivity contribution in [3.63, 3.8) is 0 Å². The quantitative estimate of drug-likeness (QED) is 0.263. The van der Waals surface area contributed by atoms with Crippen molar-refractivity contribution in [2.24, 2.45) is 5.92 Å². The average Bonchev–Trinajstić information content (AvgIpc) is 3.41. The second-order valence-corrected chi connectivity index (χ2v) is 11.0. The van der Waals surface area contributed by atoms with Crippen molar-refractivity contribution in [3.8, 4) is 5.69 Å². The highest BCUT2D eigenvalue weighted by molar-refractivity contribution is 7.80. The molecule has 3 heterocycles. The molecule has 200 valence electrons. The number of nitrogens with one attached hydrogen (secondary N) is 2. The Hall–Kier alpha value is -3.97. The minimum absolute atomic E-state index is 0.000785. The molecular formula is C32H35N5OS. The van der Waals surface area contributed by atoms with Gasteiger partial charge in [0.15, 0.2) is 5.11 Å². The van der Waals surface area contributed by atoms with Crippen molar-refractivity contribution in [1.82, 2.24) is 14.9 Å². The maximum absolute atomic E-state index is 12.3. The number of nitrogens with zero attached hydrogens (tertiary/aromatic N) is 3. The number of carbonyl (C=O) groups excluding carboxylic acids is 1. The Morgan fingerprint density at radius 1 is 0.974 bits per heavy atom. The summed E-state index contributed by atoms with van der Waals surface area (Å²) in [6, 6.07) is 22.7. The Labute approximate surface area is 236 Å². The van der Waals surface area contributed by atoms with Crippen LogP contribution in [0.3, 0.4) is 0 Å². The molecule has 1 aliphatic rings. The summed E-state index contributed by atoms with van der Waals surface area (Å²) in [5.74, 6) is -0.0902. The fourth-order valence-electron chi connectivity index (χ4n) is 5.34. The predicted molar refractivity (Wildman–Crippen MR) is 163 cm³/mol. The molecule has 1 fully saturated rings. The van der Waals surface area contributed by atoms with Crippen molar-refractivity contribution in [2.75, 3.05) is 10.2 Å². The smallest absolute Gasteiger partial charge is 0.226 e. The van der Waals surface area contributed by atoms with Crippen LogP contribution in [0.5, 0.6) is 0 Å². The number of anilines is 2. The van der Waals surface area contributed by atoms with Gasteiger partial charge in [-0.3, -0.25) is 9.78 Å². The minimum atomic E-state index is -0.133. The van der Waals surface area contributed by atoms with E-state index in [9.17, 15) is 4.79 Å². The Bertz CT molecular complexity index is 1520. The first kappa shape index (κ1) is 26.6. The molecule has 2 aromatic carbocycles. The number of amides is 1. The zero-order chi connectivity index (χ0) is 27.8. The molecule has 39 heavy (non-hydrogen) atoms. The zero-order valence-electron chi connectivity index (χ0n) is 23.3. The molecule has 0 saturated carbocycles. The lowest BCUT2D eigenvalue weighted by Gasteiger charge is -2.29. The maximum atomic E-state index is 12.3. The summed E-state index contributed by atoms with van der Waals surface area (Å²) in [4.78, 5) is 19.2. The Kier molecular flexibility index (Phi) is 7.28. The topological polar surface area (TPSA) is 62.2 Å². The molecule has 2 aromatic heterocycles. The molecule has 0 radical (unpaired) electrons. The standard InChI is InChI=1S/C32H35N5OS/c1-19(2)31(38)34-27-15-14-25(17-21(27)4)37-30(29(35-32(37)39)28-9-7-8-16-33-28)26-18-22(5)36(23(26)6)24-12-10-20(3)11-13-24/h7-19,29-30H,1-6H3,(H,34,38)(H,35,39)/t29-,30+/m1/s1. The number of hydrogen-bond acceptors (Lipinski definition) is 3. The van der Waals surface area contributed by atoms with Crippen molar-refractivity contribution >= 4 is 34.6 Å². The predicted octanol–water partition coefficient (Wildman–Crippen LogP) is 6.88. The highest BCUT2D eigenvalue weighted by Crippen LogP contribution is 2.44. The third-order valence-electron chi connectivity index (χ3n) is 7.45. The van der Waals surface area contributed by atoms with Gasteiger partial charge in [-0.2, -0.15) is 0 Å². The van der Waals surface area contributed by atoms with Crippen LogP contribution in [0.15, 0.2) is 72.9 Å². The van der Waals surface area contributed by atoms with Gasteiger partial charge in [-0.1, -0.05) is 37.6 Å². The summed E-state index contributed by atoms with van der Waals surface area (Å²) in [5.41, 5.74) is 9.57. The molecule has 0 unspecified atom stereocenters. The van der Waals surface area contributed by atoms with Gasteiger partial charge in [0.25, 0.3) is 0 Å². The minimum Gasteiger partial charge on any atom is -0.351 e. The fraction of sp³-hybridized carbons (Fsp3) is 0.281. The third-order valence-corrected chi connectivity index (χ3v) is 7.76. The second kappa shape index (κ2) is 10.7. The molecule has 0 spiro atoms. The van der Waals surface area contributed by atoms with Crippen LogP contribution >= 0.6 is 12.2 Å². The molecule has 1 aliphatic heterocycles. The molecule has 0 bridgehead atoms. The average molecular weight is 538 g/mol. The van der Waals surface area contributed by atoms with Crippen LogP contribution in [0.25, 0.3) is 5.69 Å². The number of carbonyl (C=O) groups is 1. The number of pyridine rings is 1. The van der Waals surface area contributed by atoms with E-state index in [1.165, 1.54) is 11.1 Å². The Morgan fingerprint density at radius 2 is 1.69 bits per heavy atom. The molecule has 7 heteroatoms. The van der Waals surface area contributed by atoms with Crippen LogP contribution in [0, 0.1) is 33.6 Å².